The van der Waals surface area contributed by atoms with Gasteiger partial charge in [-0.3, -0.25) is 4.98 Å². The summed E-state index contributed by atoms with van der Waals surface area (Å²) in [5.74, 6) is 0. The fourth-order valence-electron chi connectivity index (χ4n) is 1.99. The Morgan fingerprint density at radius 1 is 1.17 bits per heavy atom. The van der Waals surface area contributed by atoms with Crippen LogP contribution in [0.4, 0.5) is 5.69 Å². The Bertz CT molecular complexity index is 501. The molecule has 1 heterocycles. The van der Waals surface area contributed by atoms with Crippen LogP contribution in [0.5, 0.6) is 0 Å². The minimum absolute atomic E-state index is 0.238. The molecule has 0 aliphatic rings. The average molecular weight is 243 g/mol. The zero-order valence-corrected chi connectivity index (χ0v) is 10.3. The summed E-state index contributed by atoms with van der Waals surface area (Å²) in [6, 6.07) is 11.3. The van der Waals surface area contributed by atoms with E-state index < -0.39 is 0 Å². The van der Waals surface area contributed by atoms with Gasteiger partial charge < -0.3 is 16.2 Å². The van der Waals surface area contributed by atoms with Gasteiger partial charge in [0.25, 0.3) is 0 Å². The van der Waals surface area contributed by atoms with Gasteiger partial charge in [0.05, 0.1) is 6.04 Å². The van der Waals surface area contributed by atoms with E-state index in [1.807, 2.05) is 30.3 Å². The molecule has 0 saturated carbocycles. The molecule has 18 heavy (non-hydrogen) atoms. The highest BCUT2D eigenvalue weighted by Crippen LogP contribution is 2.31. The van der Waals surface area contributed by atoms with E-state index >= 15 is 0 Å². The van der Waals surface area contributed by atoms with Crippen LogP contribution in [-0.2, 0) is 4.74 Å². The van der Waals surface area contributed by atoms with E-state index in [0.717, 1.165) is 11.1 Å². The highest BCUT2D eigenvalue weighted by Gasteiger charge is 2.22. The van der Waals surface area contributed by atoms with Crippen LogP contribution in [0, 0.1) is 0 Å². The highest BCUT2D eigenvalue weighted by molar-refractivity contribution is 5.47. The molecule has 2 atom stereocenters. The normalized spacial score (nSPS) is 14.1. The molecule has 0 radical (unpaired) electrons. The van der Waals surface area contributed by atoms with E-state index in [2.05, 4.69) is 4.98 Å². The lowest BCUT2D eigenvalue weighted by atomic mass is 9.96. The van der Waals surface area contributed by atoms with E-state index in [4.69, 9.17) is 16.2 Å². The molecule has 2 rings (SSSR count). The van der Waals surface area contributed by atoms with Crippen molar-refractivity contribution in [2.45, 2.75) is 12.1 Å². The third-order valence-electron chi connectivity index (χ3n) is 2.95. The second-order valence-electron chi connectivity index (χ2n) is 4.10. The lowest BCUT2D eigenvalue weighted by molar-refractivity contribution is 0.0803. The Morgan fingerprint density at radius 2 is 1.89 bits per heavy atom. The van der Waals surface area contributed by atoms with Crippen LogP contribution in [0.15, 0.2) is 48.8 Å². The van der Waals surface area contributed by atoms with Crippen LogP contribution < -0.4 is 11.5 Å². The van der Waals surface area contributed by atoms with Crippen molar-refractivity contribution in [3.05, 3.63) is 59.9 Å². The molecular weight excluding hydrogens is 226 g/mol. The summed E-state index contributed by atoms with van der Waals surface area (Å²) in [6.07, 6.45) is 3.10. The van der Waals surface area contributed by atoms with E-state index in [1.165, 1.54) is 0 Å². The quantitative estimate of drug-likeness (QED) is 0.861. The maximum Gasteiger partial charge on any atom is 0.101 e. The molecule has 0 spiro atoms. The molecule has 0 aliphatic heterocycles. The molecule has 0 saturated heterocycles. The first-order chi connectivity index (χ1) is 8.74. The third-order valence-corrected chi connectivity index (χ3v) is 2.95. The van der Waals surface area contributed by atoms with Crippen molar-refractivity contribution in [1.29, 1.82) is 0 Å². The minimum Gasteiger partial charge on any atom is -0.398 e. The Hall–Kier alpha value is -1.91. The number of rotatable bonds is 4. The van der Waals surface area contributed by atoms with Crippen molar-refractivity contribution in [2.24, 2.45) is 5.73 Å². The molecule has 4 nitrogen and oxygen atoms in total. The molecule has 4 N–H and O–H groups in total. The van der Waals surface area contributed by atoms with Crippen molar-refractivity contribution in [1.82, 2.24) is 4.98 Å². The summed E-state index contributed by atoms with van der Waals surface area (Å²) in [5, 5.41) is 0. The van der Waals surface area contributed by atoms with E-state index in [-0.39, 0.29) is 12.1 Å². The second kappa shape index (κ2) is 5.62. The summed E-state index contributed by atoms with van der Waals surface area (Å²) in [7, 11) is 1.64. The van der Waals surface area contributed by atoms with Gasteiger partial charge >= 0.3 is 0 Å². The van der Waals surface area contributed by atoms with Crippen LogP contribution in [0.3, 0.4) is 0 Å². The number of benzene rings is 1. The number of nitrogens with two attached hydrogens (primary N) is 2. The number of aromatic nitrogens is 1. The van der Waals surface area contributed by atoms with Gasteiger partial charge in [-0.15, -0.1) is 0 Å². The number of methoxy groups -OCH3 is 1. The Kier molecular flexibility index (Phi) is 3.92. The van der Waals surface area contributed by atoms with Crippen molar-refractivity contribution in [3.63, 3.8) is 0 Å². The number of anilines is 1. The molecule has 2 aromatic rings. The molecule has 1 aromatic carbocycles. The number of nitrogen functional groups attached to an aromatic ring is 1. The van der Waals surface area contributed by atoms with Gasteiger partial charge in [-0.1, -0.05) is 30.3 Å². The Morgan fingerprint density at radius 3 is 2.50 bits per heavy atom. The maximum absolute atomic E-state index is 6.24. The van der Waals surface area contributed by atoms with Gasteiger partial charge in [0.2, 0.25) is 0 Å². The van der Waals surface area contributed by atoms with Gasteiger partial charge in [-0.05, 0) is 11.6 Å². The summed E-state index contributed by atoms with van der Waals surface area (Å²) in [5.41, 5.74) is 14.6. The molecule has 1 aromatic heterocycles. The first kappa shape index (κ1) is 12.5. The first-order valence-corrected chi connectivity index (χ1v) is 5.76. The molecular formula is C14H17N3O. The number of hydrogen-bond acceptors (Lipinski definition) is 4. The first-order valence-electron chi connectivity index (χ1n) is 5.76. The molecule has 0 aliphatic carbocycles. The second-order valence-corrected chi connectivity index (χ2v) is 4.10. The average Bonchev–Trinajstić information content (AvgIpc) is 2.41. The predicted molar refractivity (Wildman–Crippen MR) is 71.8 cm³/mol. The van der Waals surface area contributed by atoms with E-state index in [1.54, 1.807) is 25.6 Å². The highest BCUT2D eigenvalue weighted by atomic mass is 16.5. The smallest absolute Gasteiger partial charge is 0.101 e. The van der Waals surface area contributed by atoms with Crippen LogP contribution in [0.1, 0.15) is 23.3 Å². The predicted octanol–water partition coefficient (Wildman–Crippen LogP) is 2.05. The van der Waals surface area contributed by atoms with E-state index in [0.29, 0.717) is 5.69 Å². The fraction of sp³-hybridized carbons (Fsp3) is 0.214. The Labute approximate surface area is 107 Å². The lowest BCUT2D eigenvalue weighted by Gasteiger charge is -2.24. The van der Waals surface area contributed by atoms with Crippen LogP contribution in [0.25, 0.3) is 0 Å². The zero-order chi connectivity index (χ0) is 13.0. The fourth-order valence-corrected chi connectivity index (χ4v) is 1.99. The van der Waals surface area contributed by atoms with Crippen molar-refractivity contribution < 1.29 is 4.74 Å². The number of nitrogens with zero attached hydrogens (tertiary/aromatic N) is 1. The SMILES string of the molecule is COC(c1ccccc1)C(N)c1cnccc1N. The standard InChI is InChI=1S/C14H17N3O/c1-18-14(10-5-3-2-4-6-10)13(16)11-9-17-8-7-12(11)15/h2-9,13-14H,16H2,1H3,(H2,15,17). The van der Waals surface area contributed by atoms with Crippen molar-refractivity contribution >= 4 is 5.69 Å². The molecule has 0 bridgehead atoms. The van der Waals surface area contributed by atoms with Crippen LogP contribution in [-0.4, -0.2) is 12.1 Å². The number of pyridine rings is 1. The van der Waals surface area contributed by atoms with Gasteiger partial charge in [0, 0.05) is 30.8 Å². The monoisotopic (exact) mass is 243 g/mol. The van der Waals surface area contributed by atoms with Crippen LogP contribution >= 0.6 is 0 Å². The molecule has 2 unspecified atom stereocenters. The van der Waals surface area contributed by atoms with Gasteiger partial charge in [-0.2, -0.15) is 0 Å². The molecule has 0 amide bonds. The zero-order valence-electron chi connectivity index (χ0n) is 10.3. The van der Waals surface area contributed by atoms with Crippen molar-refractivity contribution in [2.75, 3.05) is 12.8 Å². The number of hydrogen-bond donors (Lipinski definition) is 2. The van der Waals surface area contributed by atoms with E-state index in [9.17, 15) is 0 Å². The minimum atomic E-state index is -0.342. The Balaban J connectivity index is 2.32. The van der Waals surface area contributed by atoms with Gasteiger partial charge in [-0.25, -0.2) is 0 Å². The lowest BCUT2D eigenvalue weighted by Crippen LogP contribution is -2.22. The summed E-state index contributed by atoms with van der Waals surface area (Å²) in [6.45, 7) is 0. The molecule has 0 fully saturated rings. The molecule has 94 valence electrons. The third kappa shape index (κ3) is 2.50. The summed E-state index contributed by atoms with van der Waals surface area (Å²) >= 11 is 0. The number of ether oxygens (including phenoxy) is 1. The largest absolute Gasteiger partial charge is 0.398 e. The van der Waals surface area contributed by atoms with Crippen LogP contribution in [0.2, 0.25) is 0 Å². The summed E-state index contributed by atoms with van der Waals surface area (Å²) in [4.78, 5) is 4.06. The van der Waals surface area contributed by atoms with Crippen molar-refractivity contribution in [3.8, 4) is 0 Å². The summed E-state index contributed by atoms with van der Waals surface area (Å²) < 4.78 is 5.50. The van der Waals surface area contributed by atoms with Gasteiger partial charge in [0.1, 0.15) is 6.10 Å². The van der Waals surface area contributed by atoms with Gasteiger partial charge in [0.15, 0.2) is 0 Å². The maximum atomic E-state index is 6.24. The topological polar surface area (TPSA) is 74.2 Å². The molecule has 4 heteroatoms.